The molecule has 0 aliphatic heterocycles. The summed E-state index contributed by atoms with van der Waals surface area (Å²) in [6, 6.07) is 0. The van der Waals surface area contributed by atoms with Gasteiger partial charge in [0.1, 0.15) is 0 Å². The number of rotatable bonds is 3. The molecule has 0 saturated heterocycles. The van der Waals surface area contributed by atoms with E-state index in [1.165, 1.54) is 7.05 Å². The number of ether oxygens (including phenoxy) is 1. The summed E-state index contributed by atoms with van der Waals surface area (Å²) in [6.07, 6.45) is 0.262. The Hall–Kier alpha value is -1.23. The number of nitrogens with two attached hydrogens (primary N) is 2. The average molecular weight is 161 g/mol. The maximum absolute atomic E-state index is 10.4. The van der Waals surface area contributed by atoms with Gasteiger partial charge in [0.2, 0.25) is 6.29 Å². The van der Waals surface area contributed by atoms with E-state index in [2.05, 4.69) is 10.5 Å². The molecule has 0 aromatic carbocycles. The first kappa shape index (κ1) is 12.4. The van der Waals surface area contributed by atoms with E-state index in [0.717, 1.165) is 0 Å². The maximum Gasteiger partial charge on any atom is 0.406 e. The summed E-state index contributed by atoms with van der Waals surface area (Å²) in [7, 11) is 1.50. The molecule has 0 aromatic heterocycles. The lowest BCUT2D eigenvalue weighted by atomic mass is 10.4. The minimum Gasteiger partial charge on any atom is -0.458 e. The number of aldehydes is 1. The number of esters is 1. The Bertz CT molecular complexity index is 145. The zero-order chi connectivity index (χ0) is 9.28. The Morgan fingerprint density at radius 2 is 2.09 bits per heavy atom. The minimum atomic E-state index is -0.757. The van der Waals surface area contributed by atoms with E-state index in [4.69, 9.17) is 5.41 Å². The number of hydrogen-bond donors (Lipinski definition) is 2. The molecular weight excluding hydrogens is 148 g/mol. The zero-order valence-corrected chi connectivity index (χ0v) is 6.66. The molecule has 0 heterocycles. The van der Waals surface area contributed by atoms with Crippen LogP contribution in [0.3, 0.4) is 0 Å². The largest absolute Gasteiger partial charge is 0.458 e. The normalized spacial score (nSPS) is 7.18. The van der Waals surface area contributed by atoms with Crippen molar-refractivity contribution in [3.63, 3.8) is 0 Å². The summed E-state index contributed by atoms with van der Waals surface area (Å²) in [5.74, 6) is -0.757. The Morgan fingerprint density at radius 1 is 1.64 bits per heavy atom. The first-order chi connectivity index (χ1) is 5.22. The van der Waals surface area contributed by atoms with Crippen LogP contribution in [0.2, 0.25) is 0 Å². The topological polar surface area (TPSA) is 95.0 Å². The fraction of sp³-hybridized carbons (Fsp3) is 0.500. The highest BCUT2D eigenvalue weighted by molar-refractivity contribution is 6.55. The van der Waals surface area contributed by atoms with Crippen LogP contribution in [0.4, 0.5) is 0 Å². The van der Waals surface area contributed by atoms with Crippen LogP contribution >= 0.6 is 0 Å². The first-order valence-corrected chi connectivity index (χ1v) is 3.04. The van der Waals surface area contributed by atoms with Crippen molar-refractivity contribution in [1.82, 2.24) is 0 Å². The van der Waals surface area contributed by atoms with Crippen LogP contribution in [0, 0.1) is 0 Å². The molecule has 4 N–H and O–H groups in total. The molecule has 0 aliphatic rings. The van der Waals surface area contributed by atoms with Gasteiger partial charge in [-0.2, -0.15) is 0 Å². The van der Waals surface area contributed by atoms with Gasteiger partial charge >= 0.3 is 11.7 Å². The second kappa shape index (κ2) is 8.77. The Labute approximate surface area is 65.0 Å². The monoisotopic (exact) mass is 161 g/mol. The average Bonchev–Trinajstić information content (AvgIpc) is 2.07. The highest BCUT2D eigenvalue weighted by Crippen LogP contribution is 1.73. The first-order valence-electron chi connectivity index (χ1n) is 3.04. The molecule has 0 unspecified atom stereocenters. The summed E-state index contributed by atoms with van der Waals surface area (Å²) >= 11 is 0. The van der Waals surface area contributed by atoms with E-state index in [1.807, 2.05) is 0 Å². The van der Waals surface area contributed by atoms with Crippen molar-refractivity contribution in [2.75, 3.05) is 13.7 Å². The summed E-state index contributed by atoms with van der Waals surface area (Å²) in [5, 5.41) is 4.88. The van der Waals surface area contributed by atoms with Gasteiger partial charge in [-0.1, -0.05) is 0 Å². The van der Waals surface area contributed by atoms with Crippen molar-refractivity contribution in [3.05, 3.63) is 0 Å². The van der Waals surface area contributed by atoms with Crippen molar-refractivity contribution >= 4 is 18.0 Å². The predicted octanol–water partition coefficient (Wildman–Crippen LogP) is -2.48. The van der Waals surface area contributed by atoms with E-state index >= 15 is 0 Å². The molecule has 0 saturated carbocycles. The van der Waals surface area contributed by atoms with E-state index in [-0.39, 0.29) is 12.9 Å². The van der Waals surface area contributed by atoms with E-state index < -0.39 is 11.7 Å². The quantitative estimate of drug-likeness (QED) is 0.207. The maximum atomic E-state index is 10.4. The lowest BCUT2D eigenvalue weighted by Gasteiger charge is -1.91. The lowest BCUT2D eigenvalue weighted by molar-refractivity contribution is -0.154. The molecule has 0 rings (SSSR count). The molecule has 0 radical (unpaired) electrons. The number of hydrogen-bond acceptors (Lipinski definition) is 4. The molecular formula is C6H13N2O3+. The van der Waals surface area contributed by atoms with Crippen LogP contribution in [0.25, 0.3) is 0 Å². The molecule has 0 amide bonds. The molecule has 0 aliphatic carbocycles. The smallest absolute Gasteiger partial charge is 0.406 e. The van der Waals surface area contributed by atoms with Gasteiger partial charge < -0.3 is 10.5 Å². The Balaban J connectivity index is 0. The molecule has 11 heavy (non-hydrogen) atoms. The lowest BCUT2D eigenvalue weighted by Crippen LogP contribution is -2.46. The molecule has 0 bridgehead atoms. The third-order valence-electron chi connectivity index (χ3n) is 0.638. The fourth-order valence-corrected chi connectivity index (χ4v) is 0.263. The Morgan fingerprint density at radius 3 is 2.36 bits per heavy atom. The van der Waals surface area contributed by atoms with Gasteiger partial charge in [-0.15, -0.1) is 0 Å². The number of carbonyl (C=O) groups excluding carboxylic acids is 2. The second-order valence-electron chi connectivity index (χ2n) is 1.29. The highest BCUT2D eigenvalue weighted by Gasteiger charge is 2.13. The SMILES string of the molecule is CCOC(=O)C(=[NH2+])C=O.CN. The summed E-state index contributed by atoms with van der Waals surface area (Å²) < 4.78 is 4.36. The van der Waals surface area contributed by atoms with Crippen molar-refractivity contribution < 1.29 is 19.7 Å². The highest BCUT2D eigenvalue weighted by atomic mass is 16.5. The van der Waals surface area contributed by atoms with Gasteiger partial charge in [0.05, 0.1) is 6.61 Å². The van der Waals surface area contributed by atoms with Gasteiger partial charge in [-0.3, -0.25) is 4.79 Å². The fourth-order valence-electron chi connectivity index (χ4n) is 0.263. The minimum absolute atomic E-state index is 0.230. The van der Waals surface area contributed by atoms with E-state index in [9.17, 15) is 9.59 Å². The van der Waals surface area contributed by atoms with Crippen LogP contribution in [0.15, 0.2) is 0 Å². The van der Waals surface area contributed by atoms with Crippen LogP contribution in [-0.2, 0) is 14.3 Å². The molecule has 0 fully saturated rings. The van der Waals surface area contributed by atoms with E-state index in [1.54, 1.807) is 6.92 Å². The molecule has 0 atom stereocenters. The van der Waals surface area contributed by atoms with Crippen LogP contribution in [-0.4, -0.2) is 31.6 Å². The number of carbonyl (C=O) groups is 2. The van der Waals surface area contributed by atoms with Gasteiger partial charge in [0.15, 0.2) is 0 Å². The van der Waals surface area contributed by atoms with Gasteiger partial charge in [-0.05, 0) is 14.0 Å². The van der Waals surface area contributed by atoms with Crippen LogP contribution < -0.4 is 11.1 Å². The molecule has 5 nitrogen and oxygen atoms in total. The van der Waals surface area contributed by atoms with E-state index in [0.29, 0.717) is 0 Å². The summed E-state index contributed by atoms with van der Waals surface area (Å²) in [5.41, 5.74) is 4.11. The molecule has 64 valence electrons. The summed E-state index contributed by atoms with van der Waals surface area (Å²) in [6.45, 7) is 1.86. The van der Waals surface area contributed by atoms with Crippen molar-refractivity contribution in [2.24, 2.45) is 5.73 Å². The van der Waals surface area contributed by atoms with Crippen molar-refractivity contribution in [1.29, 1.82) is 0 Å². The zero-order valence-electron chi connectivity index (χ0n) is 6.66. The third kappa shape index (κ3) is 6.66. The van der Waals surface area contributed by atoms with Crippen molar-refractivity contribution in [3.8, 4) is 0 Å². The molecule has 0 aromatic rings. The van der Waals surface area contributed by atoms with Crippen molar-refractivity contribution in [2.45, 2.75) is 6.92 Å². The van der Waals surface area contributed by atoms with Gasteiger partial charge in [0.25, 0.3) is 0 Å². The molecule has 0 spiro atoms. The Kier molecular flexibility index (Phi) is 9.92. The molecule has 5 heteroatoms. The van der Waals surface area contributed by atoms with Crippen LogP contribution in [0.5, 0.6) is 0 Å². The predicted molar refractivity (Wildman–Crippen MR) is 39.7 cm³/mol. The summed E-state index contributed by atoms with van der Waals surface area (Å²) in [4.78, 5) is 20.1. The van der Waals surface area contributed by atoms with Gasteiger partial charge in [-0.25, -0.2) is 10.2 Å². The second-order valence-corrected chi connectivity index (χ2v) is 1.29. The third-order valence-corrected chi connectivity index (χ3v) is 0.638. The van der Waals surface area contributed by atoms with Gasteiger partial charge in [0, 0.05) is 0 Å². The van der Waals surface area contributed by atoms with Crippen LogP contribution in [0.1, 0.15) is 6.92 Å². The standard InChI is InChI=1S/C5H7NO3.CH5N/c1-2-9-5(8)4(6)3-7;1-2/h3,6H,2H2,1H3;2H2,1H3/p+1.